The first kappa shape index (κ1) is 16.8. The molecule has 1 aliphatic rings. The summed E-state index contributed by atoms with van der Waals surface area (Å²) in [6.45, 7) is 0.524. The third kappa shape index (κ3) is 4.06. The van der Waals surface area contributed by atoms with E-state index in [0.717, 1.165) is 6.42 Å². The smallest absolute Gasteiger partial charge is 0.410 e. The molecule has 0 aliphatic carbocycles. The Morgan fingerprint density at radius 2 is 2.00 bits per heavy atom. The van der Waals surface area contributed by atoms with E-state index in [1.807, 2.05) is 0 Å². The number of nitrogens with one attached hydrogen (secondary N) is 1. The third-order valence-electron chi connectivity index (χ3n) is 3.95. The van der Waals surface area contributed by atoms with Crippen LogP contribution in [0.25, 0.3) is 0 Å². The largest absolute Gasteiger partial charge is 0.457 e. The maximum atomic E-state index is 12.5. The zero-order valence-corrected chi connectivity index (χ0v) is 13.8. The van der Waals surface area contributed by atoms with Crippen LogP contribution in [0.4, 0.5) is 10.5 Å². The number of likely N-dealkylation sites (tertiary alicyclic amines) is 1. The average molecular weight is 341 g/mol. The first-order chi connectivity index (χ1) is 12.2. The molecule has 0 spiro atoms. The van der Waals surface area contributed by atoms with Crippen LogP contribution in [-0.4, -0.2) is 41.6 Å². The molecule has 7 heteroatoms. The lowest BCUT2D eigenvalue weighted by Gasteiger charge is -2.22. The van der Waals surface area contributed by atoms with Gasteiger partial charge in [-0.05, 0) is 37.1 Å². The van der Waals surface area contributed by atoms with E-state index in [9.17, 15) is 9.59 Å². The van der Waals surface area contributed by atoms with Crippen LogP contribution in [0.2, 0.25) is 0 Å². The van der Waals surface area contributed by atoms with E-state index < -0.39 is 12.1 Å². The summed E-state index contributed by atoms with van der Waals surface area (Å²) in [7, 11) is 1.32. The van der Waals surface area contributed by atoms with Gasteiger partial charge in [0.25, 0.3) is 0 Å². The fourth-order valence-electron chi connectivity index (χ4n) is 2.78. The summed E-state index contributed by atoms with van der Waals surface area (Å²) >= 11 is 0. The molecule has 130 valence electrons. The molecule has 1 aromatic heterocycles. The monoisotopic (exact) mass is 341 g/mol. The standard InChI is InChI=1S/C18H19N3O4/c1-24-18(23)21-11-3-6-16(21)17(22)20-13-4-2-5-15(12-13)25-14-7-9-19-10-8-14/h2,4-5,7-10,12,16H,3,6,11H2,1H3,(H,20,22). The maximum absolute atomic E-state index is 12.5. The van der Waals surface area contributed by atoms with Crippen molar-refractivity contribution in [3.8, 4) is 11.5 Å². The lowest BCUT2D eigenvalue weighted by molar-refractivity contribution is -0.119. The Morgan fingerprint density at radius 3 is 2.76 bits per heavy atom. The van der Waals surface area contributed by atoms with Crippen molar-refractivity contribution >= 4 is 17.7 Å². The van der Waals surface area contributed by atoms with Crippen molar-refractivity contribution in [1.82, 2.24) is 9.88 Å². The van der Waals surface area contributed by atoms with Crippen molar-refractivity contribution in [1.29, 1.82) is 0 Å². The highest BCUT2D eigenvalue weighted by Crippen LogP contribution is 2.25. The van der Waals surface area contributed by atoms with Crippen LogP contribution in [0.3, 0.4) is 0 Å². The fourth-order valence-corrected chi connectivity index (χ4v) is 2.78. The number of hydrogen-bond acceptors (Lipinski definition) is 5. The second-order valence-electron chi connectivity index (χ2n) is 5.62. The van der Waals surface area contributed by atoms with Gasteiger partial charge < -0.3 is 14.8 Å². The number of aromatic nitrogens is 1. The minimum atomic E-state index is -0.516. The number of anilines is 1. The highest BCUT2D eigenvalue weighted by atomic mass is 16.5. The van der Waals surface area contributed by atoms with Crippen molar-refractivity contribution in [2.24, 2.45) is 0 Å². The second kappa shape index (κ2) is 7.65. The predicted molar refractivity (Wildman–Crippen MR) is 91.5 cm³/mol. The van der Waals surface area contributed by atoms with Crippen molar-refractivity contribution in [2.45, 2.75) is 18.9 Å². The van der Waals surface area contributed by atoms with E-state index in [1.54, 1.807) is 48.8 Å². The zero-order valence-electron chi connectivity index (χ0n) is 13.8. The summed E-state index contributed by atoms with van der Waals surface area (Å²) in [6, 6.07) is 10.1. The Balaban J connectivity index is 1.67. The van der Waals surface area contributed by atoms with Gasteiger partial charge in [0.1, 0.15) is 17.5 Å². The van der Waals surface area contributed by atoms with Gasteiger partial charge in [-0.2, -0.15) is 0 Å². The van der Waals surface area contributed by atoms with Crippen LogP contribution in [0, 0.1) is 0 Å². The topological polar surface area (TPSA) is 80.8 Å². The normalized spacial score (nSPS) is 16.4. The molecule has 1 N–H and O–H groups in total. The molecule has 7 nitrogen and oxygen atoms in total. The van der Waals surface area contributed by atoms with E-state index in [4.69, 9.17) is 9.47 Å². The highest BCUT2D eigenvalue weighted by molar-refractivity contribution is 5.97. The minimum absolute atomic E-state index is 0.232. The summed E-state index contributed by atoms with van der Waals surface area (Å²) in [5.74, 6) is 1.02. The first-order valence-corrected chi connectivity index (χ1v) is 8.01. The number of nitrogens with zero attached hydrogens (tertiary/aromatic N) is 2. The molecule has 0 saturated carbocycles. The summed E-state index contributed by atoms with van der Waals surface area (Å²) in [5.41, 5.74) is 0.605. The predicted octanol–water partition coefficient (Wildman–Crippen LogP) is 3.04. The molecule has 3 rings (SSSR count). The van der Waals surface area contributed by atoms with Gasteiger partial charge in [-0.15, -0.1) is 0 Å². The van der Waals surface area contributed by atoms with Crippen LogP contribution in [-0.2, 0) is 9.53 Å². The number of amides is 2. The van der Waals surface area contributed by atoms with Crippen molar-refractivity contribution in [2.75, 3.05) is 19.0 Å². The lowest BCUT2D eigenvalue weighted by atomic mass is 10.2. The molecule has 2 amide bonds. The molecule has 1 saturated heterocycles. The Bertz CT molecular complexity index is 751. The Hall–Kier alpha value is -3.09. The fraction of sp³-hybridized carbons (Fsp3) is 0.278. The van der Waals surface area contributed by atoms with E-state index in [1.165, 1.54) is 12.0 Å². The van der Waals surface area contributed by atoms with Gasteiger partial charge in [0.15, 0.2) is 0 Å². The summed E-state index contributed by atoms with van der Waals surface area (Å²) in [5, 5.41) is 2.84. The van der Waals surface area contributed by atoms with E-state index in [2.05, 4.69) is 10.3 Å². The van der Waals surface area contributed by atoms with Gasteiger partial charge in [-0.25, -0.2) is 4.79 Å². The van der Waals surface area contributed by atoms with Crippen LogP contribution in [0.15, 0.2) is 48.8 Å². The second-order valence-corrected chi connectivity index (χ2v) is 5.62. The molecule has 2 heterocycles. The molecule has 1 unspecified atom stereocenters. The molecule has 1 atom stereocenters. The van der Waals surface area contributed by atoms with Gasteiger partial charge in [0.05, 0.1) is 7.11 Å². The first-order valence-electron chi connectivity index (χ1n) is 8.01. The lowest BCUT2D eigenvalue weighted by Crippen LogP contribution is -2.43. The number of hydrogen-bond donors (Lipinski definition) is 1. The Labute approximate surface area is 145 Å². The van der Waals surface area contributed by atoms with Crippen LogP contribution < -0.4 is 10.1 Å². The zero-order chi connectivity index (χ0) is 17.6. The molecule has 1 aliphatic heterocycles. The van der Waals surface area contributed by atoms with Crippen molar-refractivity contribution in [3.63, 3.8) is 0 Å². The quantitative estimate of drug-likeness (QED) is 0.924. The number of pyridine rings is 1. The number of carbonyl (C=O) groups is 2. The molecule has 0 radical (unpaired) electrons. The van der Waals surface area contributed by atoms with Crippen molar-refractivity contribution in [3.05, 3.63) is 48.8 Å². The van der Waals surface area contributed by atoms with E-state index in [0.29, 0.717) is 30.2 Å². The van der Waals surface area contributed by atoms with Crippen LogP contribution in [0.1, 0.15) is 12.8 Å². The Morgan fingerprint density at radius 1 is 1.20 bits per heavy atom. The number of ether oxygens (including phenoxy) is 2. The Kier molecular flexibility index (Phi) is 5.13. The summed E-state index contributed by atoms with van der Waals surface area (Å²) in [4.78, 5) is 29.6. The van der Waals surface area contributed by atoms with Gasteiger partial charge in [-0.3, -0.25) is 14.7 Å². The van der Waals surface area contributed by atoms with Gasteiger partial charge in [0.2, 0.25) is 5.91 Å². The summed E-state index contributed by atoms with van der Waals surface area (Å²) in [6.07, 6.45) is 4.20. The molecule has 0 bridgehead atoms. The molecule has 1 aromatic carbocycles. The molecule has 1 fully saturated rings. The SMILES string of the molecule is COC(=O)N1CCCC1C(=O)Nc1cccc(Oc2ccncc2)c1. The van der Waals surface area contributed by atoms with Crippen LogP contribution in [0.5, 0.6) is 11.5 Å². The van der Waals surface area contributed by atoms with Crippen LogP contribution >= 0.6 is 0 Å². The maximum Gasteiger partial charge on any atom is 0.410 e. The van der Waals surface area contributed by atoms with Crippen molar-refractivity contribution < 1.29 is 19.1 Å². The number of rotatable bonds is 4. The van der Waals surface area contributed by atoms with Gasteiger partial charge in [0, 0.05) is 30.7 Å². The number of carbonyl (C=O) groups excluding carboxylic acids is 2. The molecule has 25 heavy (non-hydrogen) atoms. The third-order valence-corrected chi connectivity index (χ3v) is 3.95. The summed E-state index contributed by atoms with van der Waals surface area (Å²) < 4.78 is 10.5. The van der Waals surface area contributed by atoms with Gasteiger partial charge in [-0.1, -0.05) is 6.07 Å². The number of benzene rings is 1. The van der Waals surface area contributed by atoms with E-state index >= 15 is 0 Å². The molecule has 2 aromatic rings. The molecular weight excluding hydrogens is 322 g/mol. The van der Waals surface area contributed by atoms with E-state index in [-0.39, 0.29) is 5.91 Å². The molecular formula is C18H19N3O4. The average Bonchev–Trinajstić information content (AvgIpc) is 3.12. The minimum Gasteiger partial charge on any atom is -0.457 e. The van der Waals surface area contributed by atoms with Gasteiger partial charge >= 0.3 is 6.09 Å². The highest BCUT2D eigenvalue weighted by Gasteiger charge is 2.34. The number of methoxy groups -OCH3 is 1.